The Labute approximate surface area is 187 Å². The standard InChI is InChI=1S/C23H22F3N3O2S/c1-3-6-14(2)13-32-29-17-10-15(23(24,25)26)9-16(11-17)28-22(31)19-12-27-20-8-5-4-7-18(20)21(19)30/h4-5,7-13,29H,3,6H2,1-2H3,(H,27,30)(H,28,31)/b14-13-. The molecule has 9 heteroatoms. The number of carbonyl (C=O) groups is 1. The van der Waals surface area contributed by atoms with Gasteiger partial charge in [0.05, 0.1) is 5.56 Å². The number of aromatic nitrogens is 1. The number of allylic oxidation sites excluding steroid dienone is 1. The van der Waals surface area contributed by atoms with Crippen molar-refractivity contribution in [2.24, 2.45) is 0 Å². The summed E-state index contributed by atoms with van der Waals surface area (Å²) in [4.78, 5) is 28.2. The topological polar surface area (TPSA) is 74.0 Å². The van der Waals surface area contributed by atoms with Crippen LogP contribution in [-0.4, -0.2) is 10.9 Å². The molecule has 1 aromatic heterocycles. The number of halogens is 3. The molecule has 0 saturated heterocycles. The van der Waals surface area contributed by atoms with Crippen molar-refractivity contribution in [3.63, 3.8) is 0 Å². The lowest BCUT2D eigenvalue weighted by Crippen LogP contribution is -2.22. The van der Waals surface area contributed by atoms with Crippen LogP contribution in [0.1, 0.15) is 42.6 Å². The largest absolute Gasteiger partial charge is 0.416 e. The molecule has 5 nitrogen and oxygen atoms in total. The Morgan fingerprint density at radius 3 is 2.59 bits per heavy atom. The minimum absolute atomic E-state index is 0.0743. The summed E-state index contributed by atoms with van der Waals surface area (Å²) < 4.78 is 43.0. The lowest BCUT2D eigenvalue weighted by atomic mass is 10.1. The summed E-state index contributed by atoms with van der Waals surface area (Å²) in [6.07, 6.45) is -1.49. The molecule has 1 amide bonds. The van der Waals surface area contributed by atoms with Crippen molar-refractivity contribution < 1.29 is 18.0 Å². The molecule has 0 aliphatic carbocycles. The Hall–Kier alpha value is -3.20. The average molecular weight is 462 g/mol. The molecule has 0 unspecified atom stereocenters. The van der Waals surface area contributed by atoms with Gasteiger partial charge in [0.25, 0.3) is 5.91 Å². The number of carbonyl (C=O) groups excluding carboxylic acids is 1. The number of benzene rings is 2. The first-order chi connectivity index (χ1) is 15.2. The van der Waals surface area contributed by atoms with Crippen LogP contribution >= 0.6 is 11.9 Å². The number of fused-ring (bicyclic) bond motifs is 1. The number of amides is 1. The van der Waals surface area contributed by atoms with E-state index in [9.17, 15) is 22.8 Å². The number of para-hydroxylation sites is 1. The van der Waals surface area contributed by atoms with E-state index in [0.29, 0.717) is 10.9 Å². The molecule has 3 N–H and O–H groups in total. The van der Waals surface area contributed by atoms with Crippen LogP contribution in [0.4, 0.5) is 24.5 Å². The van der Waals surface area contributed by atoms with E-state index in [2.05, 4.69) is 15.0 Å². The Morgan fingerprint density at radius 2 is 1.88 bits per heavy atom. The maximum Gasteiger partial charge on any atom is 0.416 e. The number of rotatable bonds is 7. The van der Waals surface area contributed by atoms with E-state index < -0.39 is 23.1 Å². The summed E-state index contributed by atoms with van der Waals surface area (Å²) in [5, 5.41) is 4.56. The summed E-state index contributed by atoms with van der Waals surface area (Å²) in [7, 11) is 0. The van der Waals surface area contributed by atoms with E-state index in [0.717, 1.165) is 42.5 Å². The zero-order chi connectivity index (χ0) is 23.3. The third kappa shape index (κ3) is 5.73. The van der Waals surface area contributed by atoms with E-state index in [1.165, 1.54) is 12.3 Å². The highest BCUT2D eigenvalue weighted by Gasteiger charge is 2.31. The summed E-state index contributed by atoms with van der Waals surface area (Å²) in [5.74, 6) is -0.798. The van der Waals surface area contributed by atoms with E-state index in [4.69, 9.17) is 0 Å². The Morgan fingerprint density at radius 1 is 1.16 bits per heavy atom. The number of hydrogen-bond acceptors (Lipinski definition) is 4. The van der Waals surface area contributed by atoms with E-state index >= 15 is 0 Å². The fourth-order valence-electron chi connectivity index (χ4n) is 3.11. The van der Waals surface area contributed by atoms with Crippen LogP contribution in [-0.2, 0) is 6.18 Å². The van der Waals surface area contributed by atoms with E-state index in [-0.39, 0.29) is 16.9 Å². The van der Waals surface area contributed by atoms with Crippen LogP contribution in [0.5, 0.6) is 0 Å². The number of alkyl halides is 3. The third-order valence-corrected chi connectivity index (χ3v) is 5.51. The Bertz CT molecular complexity index is 1220. The molecule has 0 radical (unpaired) electrons. The molecule has 0 aliphatic rings. The highest BCUT2D eigenvalue weighted by Crippen LogP contribution is 2.34. The number of H-pyrrole nitrogens is 1. The van der Waals surface area contributed by atoms with Crippen molar-refractivity contribution in [2.45, 2.75) is 32.9 Å². The van der Waals surface area contributed by atoms with Gasteiger partial charge >= 0.3 is 6.18 Å². The van der Waals surface area contributed by atoms with Gasteiger partial charge in [-0.2, -0.15) is 13.2 Å². The third-order valence-electron chi connectivity index (χ3n) is 4.63. The first-order valence-electron chi connectivity index (χ1n) is 9.90. The van der Waals surface area contributed by atoms with Crippen molar-refractivity contribution in [3.05, 3.63) is 81.0 Å². The van der Waals surface area contributed by atoms with Gasteiger partial charge in [-0.1, -0.05) is 31.1 Å². The molecule has 1 heterocycles. The zero-order valence-electron chi connectivity index (χ0n) is 17.5. The van der Waals surface area contributed by atoms with Gasteiger partial charge in [-0.3, -0.25) is 9.59 Å². The van der Waals surface area contributed by atoms with Crippen molar-refractivity contribution in [2.75, 3.05) is 10.0 Å². The summed E-state index contributed by atoms with van der Waals surface area (Å²) in [6.45, 7) is 3.98. The highest BCUT2D eigenvalue weighted by molar-refractivity contribution is 8.03. The molecule has 0 spiro atoms. The number of aromatic amines is 1. The van der Waals surface area contributed by atoms with Crippen molar-refractivity contribution in [3.8, 4) is 0 Å². The van der Waals surface area contributed by atoms with Crippen LogP contribution < -0.4 is 15.5 Å². The van der Waals surface area contributed by atoms with Gasteiger partial charge in [0.15, 0.2) is 0 Å². The van der Waals surface area contributed by atoms with Gasteiger partial charge < -0.3 is 15.0 Å². The molecule has 0 saturated carbocycles. The van der Waals surface area contributed by atoms with E-state index in [1.807, 2.05) is 19.3 Å². The summed E-state index contributed by atoms with van der Waals surface area (Å²) >= 11 is 1.15. The second-order valence-corrected chi connectivity index (χ2v) is 7.94. The molecule has 3 aromatic rings. The van der Waals surface area contributed by atoms with Gasteiger partial charge in [0.1, 0.15) is 5.56 Å². The van der Waals surface area contributed by atoms with Crippen LogP contribution in [0, 0.1) is 0 Å². The molecule has 0 fully saturated rings. The molecule has 32 heavy (non-hydrogen) atoms. The molecular formula is C23H22F3N3O2S. The lowest BCUT2D eigenvalue weighted by molar-refractivity contribution is -0.137. The van der Waals surface area contributed by atoms with Gasteiger partial charge in [0, 0.05) is 28.5 Å². The monoisotopic (exact) mass is 461 g/mol. The maximum atomic E-state index is 13.4. The fourth-order valence-corrected chi connectivity index (χ4v) is 3.74. The maximum absolute atomic E-state index is 13.4. The Kier molecular flexibility index (Phi) is 7.29. The van der Waals surface area contributed by atoms with Crippen molar-refractivity contribution >= 4 is 40.1 Å². The second-order valence-electron chi connectivity index (χ2n) is 7.26. The molecular weight excluding hydrogens is 439 g/mol. The number of anilines is 2. The predicted octanol–water partition coefficient (Wildman–Crippen LogP) is 6.56. The first-order valence-corrected chi connectivity index (χ1v) is 10.8. The fraction of sp³-hybridized carbons (Fsp3) is 0.217. The SMILES string of the molecule is CCC/C(C)=C\SNc1cc(NC(=O)c2c[nH]c3ccccc3c2=O)cc(C(F)(F)F)c1. The molecule has 3 rings (SSSR count). The van der Waals surface area contributed by atoms with Gasteiger partial charge in [-0.15, -0.1) is 0 Å². The molecule has 0 aliphatic heterocycles. The van der Waals surface area contributed by atoms with Crippen molar-refractivity contribution in [1.29, 1.82) is 0 Å². The van der Waals surface area contributed by atoms with Crippen LogP contribution in [0.2, 0.25) is 0 Å². The molecule has 2 aromatic carbocycles. The van der Waals surface area contributed by atoms with Crippen LogP contribution in [0.3, 0.4) is 0 Å². The quantitative estimate of drug-likeness (QED) is 0.348. The van der Waals surface area contributed by atoms with Crippen molar-refractivity contribution in [1.82, 2.24) is 4.98 Å². The van der Waals surface area contributed by atoms with Gasteiger partial charge in [0.2, 0.25) is 5.43 Å². The van der Waals surface area contributed by atoms with Gasteiger partial charge in [-0.05, 0) is 61.0 Å². The minimum Gasteiger partial charge on any atom is -0.360 e. The highest BCUT2D eigenvalue weighted by atomic mass is 32.2. The summed E-state index contributed by atoms with van der Waals surface area (Å²) in [5.41, 5.74) is 0.143. The number of nitrogens with one attached hydrogen (secondary N) is 3. The Balaban J connectivity index is 1.88. The lowest BCUT2D eigenvalue weighted by Gasteiger charge is -2.14. The second kappa shape index (κ2) is 9.95. The molecule has 0 bridgehead atoms. The number of pyridine rings is 1. The summed E-state index contributed by atoms with van der Waals surface area (Å²) in [6, 6.07) is 9.86. The van der Waals surface area contributed by atoms with Crippen LogP contribution in [0.15, 0.2) is 64.4 Å². The smallest absolute Gasteiger partial charge is 0.360 e. The van der Waals surface area contributed by atoms with Gasteiger partial charge in [-0.25, -0.2) is 0 Å². The first kappa shape index (κ1) is 23.5. The predicted molar refractivity (Wildman–Crippen MR) is 124 cm³/mol. The molecule has 0 atom stereocenters. The molecule has 168 valence electrons. The minimum atomic E-state index is -4.60. The number of hydrogen-bond donors (Lipinski definition) is 3. The van der Waals surface area contributed by atoms with E-state index in [1.54, 1.807) is 24.3 Å². The normalized spacial score (nSPS) is 12.1. The van der Waals surface area contributed by atoms with Crippen LogP contribution in [0.25, 0.3) is 10.9 Å². The zero-order valence-corrected chi connectivity index (χ0v) is 18.3. The average Bonchev–Trinajstić information content (AvgIpc) is 2.73.